The van der Waals surface area contributed by atoms with Crippen LogP contribution in [0, 0.1) is 17.3 Å². The van der Waals surface area contributed by atoms with Crippen LogP contribution in [0.5, 0.6) is 0 Å². The second-order valence-corrected chi connectivity index (χ2v) is 10.7. The number of aryl methyl sites for hydroxylation is 1. The number of benzene rings is 1. The molecule has 2 saturated carbocycles. The molecular formula is C29H46O. The fourth-order valence-corrected chi connectivity index (χ4v) is 6.27. The van der Waals surface area contributed by atoms with E-state index >= 15 is 0 Å². The molecule has 3 rings (SSSR count). The molecule has 0 bridgehead atoms. The Kier molecular flexibility index (Phi) is 9.47. The van der Waals surface area contributed by atoms with E-state index in [0.717, 1.165) is 37.5 Å². The van der Waals surface area contributed by atoms with Crippen molar-refractivity contribution >= 4 is 6.29 Å². The van der Waals surface area contributed by atoms with Gasteiger partial charge in [0.25, 0.3) is 0 Å². The summed E-state index contributed by atoms with van der Waals surface area (Å²) in [4.78, 5) is 11.6. The number of hydrogen-bond acceptors (Lipinski definition) is 1. The average molecular weight is 411 g/mol. The Hall–Kier alpha value is -1.11. The minimum Gasteiger partial charge on any atom is -0.303 e. The smallest absolute Gasteiger partial charge is 0.126 e. The first-order chi connectivity index (χ1) is 14.7. The molecule has 1 aromatic rings. The zero-order chi connectivity index (χ0) is 21.2. The highest BCUT2D eigenvalue weighted by molar-refractivity contribution is 5.59. The van der Waals surface area contributed by atoms with E-state index in [-0.39, 0.29) is 5.41 Å². The number of rotatable bonds is 11. The van der Waals surface area contributed by atoms with E-state index in [2.05, 4.69) is 38.1 Å². The molecule has 0 heterocycles. The lowest BCUT2D eigenvalue weighted by Crippen LogP contribution is -2.28. The number of carbonyl (C=O) groups excluding carboxylic acids is 1. The molecule has 0 saturated heterocycles. The van der Waals surface area contributed by atoms with Crippen LogP contribution in [0.1, 0.15) is 127 Å². The molecule has 30 heavy (non-hydrogen) atoms. The van der Waals surface area contributed by atoms with Crippen LogP contribution in [-0.4, -0.2) is 6.29 Å². The Balaban J connectivity index is 1.39. The zero-order valence-electron chi connectivity index (χ0n) is 19.8. The van der Waals surface area contributed by atoms with Crippen LogP contribution in [-0.2, 0) is 11.2 Å². The van der Waals surface area contributed by atoms with E-state index in [4.69, 9.17) is 0 Å². The molecule has 1 heteroatoms. The van der Waals surface area contributed by atoms with E-state index in [1.165, 1.54) is 94.5 Å². The van der Waals surface area contributed by atoms with E-state index in [9.17, 15) is 4.79 Å². The maximum absolute atomic E-state index is 11.6. The first-order valence-electron chi connectivity index (χ1n) is 13.2. The summed E-state index contributed by atoms with van der Waals surface area (Å²) in [6, 6.07) is 9.55. The van der Waals surface area contributed by atoms with Crippen molar-refractivity contribution in [3.63, 3.8) is 0 Å². The second kappa shape index (κ2) is 12.1. The van der Waals surface area contributed by atoms with Crippen LogP contribution < -0.4 is 0 Å². The lowest BCUT2D eigenvalue weighted by atomic mass is 9.68. The summed E-state index contributed by atoms with van der Waals surface area (Å²) in [5.41, 5.74) is 3.01. The number of carbonyl (C=O) groups is 1. The molecule has 168 valence electrons. The molecule has 0 radical (unpaired) electrons. The maximum atomic E-state index is 11.6. The highest BCUT2D eigenvalue weighted by Gasteiger charge is 2.34. The maximum Gasteiger partial charge on any atom is 0.126 e. The third-order valence-corrected chi connectivity index (χ3v) is 8.45. The number of aldehydes is 1. The highest BCUT2D eigenvalue weighted by Crippen LogP contribution is 2.44. The van der Waals surface area contributed by atoms with Crippen molar-refractivity contribution in [2.24, 2.45) is 17.3 Å². The Morgan fingerprint density at radius 2 is 1.47 bits per heavy atom. The largest absolute Gasteiger partial charge is 0.303 e. The quantitative estimate of drug-likeness (QED) is 0.263. The van der Waals surface area contributed by atoms with E-state index < -0.39 is 0 Å². The first kappa shape index (κ1) is 23.6. The van der Waals surface area contributed by atoms with Crippen LogP contribution in [0.3, 0.4) is 0 Å². The summed E-state index contributed by atoms with van der Waals surface area (Å²) in [6.07, 6.45) is 22.2. The van der Waals surface area contributed by atoms with E-state index in [1.807, 2.05) is 0 Å². The Morgan fingerprint density at radius 3 is 2.03 bits per heavy atom. The van der Waals surface area contributed by atoms with Crippen LogP contribution in [0.25, 0.3) is 0 Å². The molecule has 0 N–H and O–H groups in total. The predicted octanol–water partition coefficient (Wildman–Crippen LogP) is 8.65. The van der Waals surface area contributed by atoms with Gasteiger partial charge in [0.2, 0.25) is 0 Å². The molecule has 2 fully saturated rings. The molecule has 1 aromatic carbocycles. The fraction of sp³-hybridized carbons (Fsp3) is 0.759. The van der Waals surface area contributed by atoms with Gasteiger partial charge in [-0.1, -0.05) is 95.9 Å². The predicted molar refractivity (Wildman–Crippen MR) is 129 cm³/mol. The standard InChI is InChI=1S/C29H46O/c1-3-5-6-7-24-8-10-25(11-9-24)12-13-26-14-16-27(17-15-26)28-18-21-29(23-30,20-4-2)22-19-28/h14-17,23-25,28H,3-13,18-22H2,1-2H3/t24-,25-,28?,29?. The lowest BCUT2D eigenvalue weighted by molar-refractivity contribution is -0.118. The topological polar surface area (TPSA) is 17.1 Å². The Morgan fingerprint density at radius 1 is 0.833 bits per heavy atom. The first-order valence-corrected chi connectivity index (χ1v) is 13.2. The summed E-state index contributed by atoms with van der Waals surface area (Å²) < 4.78 is 0. The Bertz CT molecular complexity index is 600. The van der Waals surface area contributed by atoms with Gasteiger partial charge in [-0.2, -0.15) is 0 Å². The van der Waals surface area contributed by atoms with Crippen molar-refractivity contribution in [3.05, 3.63) is 35.4 Å². The van der Waals surface area contributed by atoms with Gasteiger partial charge in [0, 0.05) is 5.41 Å². The molecule has 0 aromatic heterocycles. The third kappa shape index (κ3) is 6.69. The SMILES string of the molecule is CCCCC[C@H]1CC[C@H](CCc2ccc(C3CCC(C=O)(CCC)CC3)cc2)CC1. The van der Waals surface area contributed by atoms with Gasteiger partial charge in [-0.25, -0.2) is 0 Å². The monoisotopic (exact) mass is 410 g/mol. The van der Waals surface area contributed by atoms with Crippen molar-refractivity contribution < 1.29 is 4.79 Å². The summed E-state index contributed by atoms with van der Waals surface area (Å²) in [5.74, 6) is 2.64. The van der Waals surface area contributed by atoms with Gasteiger partial charge < -0.3 is 4.79 Å². The summed E-state index contributed by atoms with van der Waals surface area (Å²) in [7, 11) is 0. The summed E-state index contributed by atoms with van der Waals surface area (Å²) in [5, 5.41) is 0. The second-order valence-electron chi connectivity index (χ2n) is 10.7. The molecule has 0 amide bonds. The van der Waals surface area contributed by atoms with Crippen molar-refractivity contribution in [1.29, 1.82) is 0 Å². The molecular weight excluding hydrogens is 364 g/mol. The minimum absolute atomic E-state index is 0.0137. The van der Waals surface area contributed by atoms with Crippen molar-refractivity contribution in [3.8, 4) is 0 Å². The van der Waals surface area contributed by atoms with Crippen molar-refractivity contribution in [2.45, 2.75) is 122 Å². The number of hydrogen-bond donors (Lipinski definition) is 0. The van der Waals surface area contributed by atoms with Gasteiger partial charge in [0.1, 0.15) is 6.29 Å². The number of unbranched alkanes of at least 4 members (excludes halogenated alkanes) is 2. The molecule has 0 atom stereocenters. The fourth-order valence-electron chi connectivity index (χ4n) is 6.27. The third-order valence-electron chi connectivity index (χ3n) is 8.45. The molecule has 0 unspecified atom stereocenters. The summed E-state index contributed by atoms with van der Waals surface area (Å²) in [6.45, 7) is 4.51. The van der Waals surface area contributed by atoms with Gasteiger partial charge in [0.15, 0.2) is 0 Å². The van der Waals surface area contributed by atoms with Gasteiger partial charge in [-0.15, -0.1) is 0 Å². The Labute approximate surface area is 186 Å². The van der Waals surface area contributed by atoms with Crippen LogP contribution in [0.15, 0.2) is 24.3 Å². The van der Waals surface area contributed by atoms with Crippen LogP contribution in [0.4, 0.5) is 0 Å². The van der Waals surface area contributed by atoms with Gasteiger partial charge in [0.05, 0.1) is 0 Å². The molecule has 0 spiro atoms. The highest BCUT2D eigenvalue weighted by atomic mass is 16.1. The average Bonchev–Trinajstić information content (AvgIpc) is 2.80. The van der Waals surface area contributed by atoms with Crippen molar-refractivity contribution in [1.82, 2.24) is 0 Å². The van der Waals surface area contributed by atoms with E-state index in [1.54, 1.807) is 0 Å². The van der Waals surface area contributed by atoms with Crippen LogP contribution in [0.2, 0.25) is 0 Å². The van der Waals surface area contributed by atoms with Gasteiger partial charge >= 0.3 is 0 Å². The van der Waals surface area contributed by atoms with Gasteiger partial charge in [-0.3, -0.25) is 0 Å². The molecule has 0 aliphatic heterocycles. The normalized spacial score (nSPS) is 29.6. The summed E-state index contributed by atoms with van der Waals surface area (Å²) >= 11 is 0. The van der Waals surface area contributed by atoms with Gasteiger partial charge in [-0.05, 0) is 73.8 Å². The minimum atomic E-state index is -0.0137. The molecule has 2 aliphatic rings. The van der Waals surface area contributed by atoms with Crippen LogP contribution >= 0.6 is 0 Å². The van der Waals surface area contributed by atoms with E-state index in [0.29, 0.717) is 5.92 Å². The molecule has 2 aliphatic carbocycles. The van der Waals surface area contributed by atoms with Crippen molar-refractivity contribution in [2.75, 3.05) is 0 Å². The zero-order valence-corrected chi connectivity index (χ0v) is 19.8. The molecule has 1 nitrogen and oxygen atoms in total. The lowest BCUT2D eigenvalue weighted by Gasteiger charge is -2.36.